The van der Waals surface area contributed by atoms with Crippen LogP contribution in [0.15, 0.2) is 60.0 Å². The lowest BCUT2D eigenvalue weighted by molar-refractivity contribution is 0.0734. The monoisotopic (exact) mass is 540 g/mol. The van der Waals surface area contributed by atoms with E-state index in [1.807, 2.05) is 6.07 Å². The van der Waals surface area contributed by atoms with E-state index in [1.165, 1.54) is 32.4 Å². The van der Waals surface area contributed by atoms with Crippen molar-refractivity contribution in [3.8, 4) is 34.8 Å². The number of fused-ring (bicyclic) bond motifs is 1. The smallest absolute Gasteiger partial charge is 0.343 e. The topological polar surface area (TPSA) is 113 Å². The van der Waals surface area contributed by atoms with Crippen LogP contribution in [0, 0.1) is 11.3 Å². The van der Waals surface area contributed by atoms with Crippen molar-refractivity contribution < 1.29 is 28.5 Å². The van der Waals surface area contributed by atoms with E-state index in [2.05, 4.69) is 6.07 Å². The quantitative estimate of drug-likeness (QED) is 0.293. The number of nitriles is 1. The van der Waals surface area contributed by atoms with Crippen molar-refractivity contribution in [1.82, 2.24) is 0 Å². The molecule has 1 heterocycles. The Balaban J connectivity index is 1.67. The first-order chi connectivity index (χ1) is 17.8. The molecule has 0 saturated heterocycles. The predicted molar refractivity (Wildman–Crippen MR) is 138 cm³/mol. The van der Waals surface area contributed by atoms with Gasteiger partial charge in [0.15, 0.2) is 17.2 Å². The third kappa shape index (κ3) is 5.10. The fourth-order valence-corrected chi connectivity index (χ4v) is 4.60. The molecule has 0 radical (unpaired) electrons. The maximum absolute atomic E-state index is 12.8. The van der Waals surface area contributed by atoms with Gasteiger partial charge in [0.2, 0.25) is 5.88 Å². The maximum atomic E-state index is 12.8. The summed E-state index contributed by atoms with van der Waals surface area (Å²) in [5, 5.41) is 10.2. The summed E-state index contributed by atoms with van der Waals surface area (Å²) < 4.78 is 27.4. The van der Waals surface area contributed by atoms with E-state index in [0.29, 0.717) is 35.2 Å². The number of esters is 1. The molecule has 0 aliphatic carbocycles. The summed E-state index contributed by atoms with van der Waals surface area (Å²) in [7, 11) is 3.07. The fourth-order valence-electron chi connectivity index (χ4n) is 4.00. The van der Waals surface area contributed by atoms with Gasteiger partial charge >= 0.3 is 5.97 Å². The normalized spacial score (nSPS) is 14.2. The van der Waals surface area contributed by atoms with Crippen LogP contribution >= 0.6 is 23.2 Å². The molecule has 37 heavy (non-hydrogen) atoms. The third-order valence-electron chi connectivity index (χ3n) is 5.66. The van der Waals surface area contributed by atoms with E-state index in [-0.39, 0.29) is 32.8 Å². The molecule has 1 unspecified atom stereocenters. The van der Waals surface area contributed by atoms with Crippen LogP contribution in [0.25, 0.3) is 0 Å². The van der Waals surface area contributed by atoms with Crippen LogP contribution in [0.2, 0.25) is 10.0 Å². The van der Waals surface area contributed by atoms with Gasteiger partial charge in [0.1, 0.15) is 23.1 Å². The summed E-state index contributed by atoms with van der Waals surface area (Å²) in [4.78, 5) is 12.8. The Labute approximate surface area is 223 Å². The van der Waals surface area contributed by atoms with Crippen molar-refractivity contribution >= 4 is 29.2 Å². The van der Waals surface area contributed by atoms with Crippen LogP contribution < -0.4 is 29.4 Å². The second-order valence-corrected chi connectivity index (χ2v) is 8.64. The summed E-state index contributed by atoms with van der Waals surface area (Å²) in [5.74, 6) is 0.605. The molecule has 10 heteroatoms. The van der Waals surface area contributed by atoms with Crippen molar-refractivity contribution in [2.24, 2.45) is 5.73 Å². The zero-order valence-electron chi connectivity index (χ0n) is 20.1. The number of nitrogens with two attached hydrogens (primary N) is 1. The number of methoxy groups -OCH3 is 2. The van der Waals surface area contributed by atoms with E-state index in [9.17, 15) is 10.1 Å². The lowest BCUT2D eigenvalue weighted by atomic mass is 9.83. The lowest BCUT2D eigenvalue weighted by Crippen LogP contribution is -2.21. The van der Waals surface area contributed by atoms with E-state index in [1.54, 1.807) is 31.2 Å². The van der Waals surface area contributed by atoms with Crippen molar-refractivity contribution in [2.45, 2.75) is 12.8 Å². The van der Waals surface area contributed by atoms with Gasteiger partial charge in [-0.15, -0.1) is 0 Å². The van der Waals surface area contributed by atoms with E-state index < -0.39 is 11.9 Å². The number of hydrogen-bond acceptors (Lipinski definition) is 8. The standard InChI is InChI=1S/C27H22Cl2N2O6/c1-4-35-25-19(28)9-15(10-20(25)29)27(32)36-16-6-7-17-22(12-16)37-26(31)18(13-30)24(17)14-5-8-21(33-2)23(11-14)34-3/h5-12,24H,4,31H2,1-3H3. The van der Waals surface area contributed by atoms with Crippen molar-refractivity contribution in [3.05, 3.63) is 86.7 Å². The Kier molecular flexibility index (Phi) is 7.67. The molecule has 1 aliphatic heterocycles. The number of carbonyl (C=O) groups excluding carboxylic acids is 1. The molecule has 0 aromatic heterocycles. The number of benzene rings is 3. The largest absolute Gasteiger partial charge is 0.493 e. The molecule has 4 rings (SSSR count). The number of rotatable bonds is 7. The Bertz CT molecular complexity index is 1420. The second kappa shape index (κ2) is 10.9. The molecule has 190 valence electrons. The fraction of sp³-hybridized carbons (Fsp3) is 0.185. The molecule has 2 N–H and O–H groups in total. The number of hydrogen-bond donors (Lipinski definition) is 1. The van der Waals surface area contributed by atoms with Crippen LogP contribution in [-0.2, 0) is 0 Å². The molecular weight excluding hydrogens is 519 g/mol. The van der Waals surface area contributed by atoms with Crippen molar-refractivity contribution in [1.29, 1.82) is 5.26 Å². The maximum Gasteiger partial charge on any atom is 0.343 e. The molecule has 0 amide bonds. The van der Waals surface area contributed by atoms with E-state index in [4.69, 9.17) is 52.6 Å². The minimum absolute atomic E-state index is 0.0525. The zero-order valence-corrected chi connectivity index (χ0v) is 21.6. The molecule has 3 aromatic carbocycles. The highest BCUT2D eigenvalue weighted by Gasteiger charge is 2.32. The molecule has 8 nitrogen and oxygen atoms in total. The SMILES string of the molecule is CCOc1c(Cl)cc(C(=O)Oc2ccc3c(c2)OC(N)=C(C#N)C3c2ccc(OC)c(OC)c2)cc1Cl. The number of allylic oxidation sites excluding steroid dienone is 1. The highest BCUT2D eigenvalue weighted by molar-refractivity contribution is 6.37. The van der Waals surface area contributed by atoms with Crippen LogP contribution in [0.1, 0.15) is 34.3 Å². The summed E-state index contributed by atoms with van der Waals surface area (Å²) in [6, 6.07) is 15.2. The predicted octanol–water partition coefficient (Wildman–Crippen LogP) is 5.85. The van der Waals surface area contributed by atoms with Gasteiger partial charge < -0.3 is 29.4 Å². The minimum atomic E-state index is -0.680. The van der Waals surface area contributed by atoms with Gasteiger partial charge in [-0.3, -0.25) is 0 Å². The number of carbonyl (C=O) groups is 1. The Morgan fingerprint density at radius 1 is 1.05 bits per heavy atom. The molecule has 0 bridgehead atoms. The summed E-state index contributed by atoms with van der Waals surface area (Å²) in [6.07, 6.45) is 0. The molecule has 1 atom stereocenters. The molecule has 1 aliphatic rings. The zero-order chi connectivity index (χ0) is 26.7. The highest BCUT2D eigenvalue weighted by Crippen LogP contribution is 2.45. The van der Waals surface area contributed by atoms with E-state index >= 15 is 0 Å². The Hall–Kier alpha value is -4.06. The van der Waals surface area contributed by atoms with Gasteiger partial charge in [0, 0.05) is 11.6 Å². The van der Waals surface area contributed by atoms with Crippen molar-refractivity contribution in [3.63, 3.8) is 0 Å². The molecule has 3 aromatic rings. The minimum Gasteiger partial charge on any atom is -0.493 e. The average Bonchev–Trinajstić information content (AvgIpc) is 2.89. The number of halogens is 2. The van der Waals surface area contributed by atoms with E-state index in [0.717, 1.165) is 5.56 Å². The molecule has 0 fully saturated rings. The van der Waals surface area contributed by atoms with Gasteiger partial charge in [-0.2, -0.15) is 5.26 Å². The number of nitrogens with zero attached hydrogens (tertiary/aromatic N) is 1. The summed E-state index contributed by atoms with van der Waals surface area (Å²) in [6.45, 7) is 2.16. The van der Waals surface area contributed by atoms with Crippen LogP contribution in [0.5, 0.6) is 28.7 Å². The third-order valence-corrected chi connectivity index (χ3v) is 6.23. The summed E-state index contributed by atoms with van der Waals surface area (Å²) >= 11 is 12.4. The lowest BCUT2D eigenvalue weighted by Gasteiger charge is -2.27. The molecule has 0 saturated carbocycles. The van der Waals surface area contributed by atoms with Gasteiger partial charge in [-0.1, -0.05) is 35.3 Å². The Morgan fingerprint density at radius 2 is 1.76 bits per heavy atom. The molecular formula is C27H22Cl2N2O6. The molecule has 0 spiro atoms. The first kappa shape index (κ1) is 26.0. The summed E-state index contributed by atoms with van der Waals surface area (Å²) in [5.41, 5.74) is 7.89. The van der Waals surface area contributed by atoms with Gasteiger partial charge in [-0.25, -0.2) is 4.79 Å². The van der Waals surface area contributed by atoms with Crippen LogP contribution in [0.3, 0.4) is 0 Å². The van der Waals surface area contributed by atoms with Crippen molar-refractivity contribution in [2.75, 3.05) is 20.8 Å². The second-order valence-electron chi connectivity index (χ2n) is 7.83. The van der Waals surface area contributed by atoms with Crippen LogP contribution in [-0.4, -0.2) is 26.8 Å². The first-order valence-corrected chi connectivity index (χ1v) is 11.8. The van der Waals surface area contributed by atoms with Gasteiger partial charge in [-0.05, 0) is 42.8 Å². The number of ether oxygens (including phenoxy) is 5. The van der Waals surface area contributed by atoms with Gasteiger partial charge in [0.05, 0.1) is 42.4 Å². The van der Waals surface area contributed by atoms with Crippen LogP contribution in [0.4, 0.5) is 0 Å². The first-order valence-electron chi connectivity index (χ1n) is 11.1. The van der Waals surface area contributed by atoms with Gasteiger partial charge in [0.25, 0.3) is 0 Å². The Morgan fingerprint density at radius 3 is 2.38 bits per heavy atom. The highest BCUT2D eigenvalue weighted by atomic mass is 35.5. The average molecular weight is 541 g/mol.